The zero-order valence-corrected chi connectivity index (χ0v) is 7.74. The molecule has 0 aromatic heterocycles. The van der Waals surface area contributed by atoms with Crippen LogP contribution >= 0.6 is 11.8 Å². The molecule has 0 radical (unpaired) electrons. The molecule has 0 saturated carbocycles. The molecule has 1 aromatic carbocycles. The molecule has 0 fully saturated rings. The van der Waals surface area contributed by atoms with E-state index in [1.165, 1.54) is 12.1 Å². The number of halogens is 2. The Labute approximate surface area is 79.4 Å². The Balaban J connectivity index is 2.95. The van der Waals surface area contributed by atoms with Crippen LogP contribution in [0.15, 0.2) is 18.2 Å². The first kappa shape index (κ1) is 10.0. The molecular weight excluding hydrogens is 192 g/mol. The van der Waals surface area contributed by atoms with Gasteiger partial charge in [0, 0.05) is 11.3 Å². The number of thiocyanates is 1. The quantitative estimate of drug-likeness (QED) is 0.683. The van der Waals surface area contributed by atoms with Crippen LogP contribution in [-0.4, -0.2) is 0 Å². The van der Waals surface area contributed by atoms with Crippen molar-refractivity contribution in [2.24, 2.45) is 0 Å². The maximum absolute atomic E-state index is 12.7. The van der Waals surface area contributed by atoms with E-state index < -0.39 is 11.6 Å². The lowest BCUT2D eigenvalue weighted by Gasteiger charge is -2.06. The van der Waals surface area contributed by atoms with Gasteiger partial charge in [0.25, 0.3) is 0 Å². The predicted octanol–water partition coefficient (Wildman–Crippen LogP) is 3.24. The number of thioether (sulfide) groups is 1. The smallest absolute Gasteiger partial charge is 0.133 e. The van der Waals surface area contributed by atoms with Gasteiger partial charge in [-0.1, -0.05) is 0 Å². The van der Waals surface area contributed by atoms with E-state index in [1.54, 1.807) is 6.92 Å². The van der Waals surface area contributed by atoms with Crippen molar-refractivity contribution < 1.29 is 8.78 Å². The molecular formula is C9H7F2NS. The van der Waals surface area contributed by atoms with Crippen molar-refractivity contribution in [2.45, 2.75) is 12.2 Å². The van der Waals surface area contributed by atoms with Gasteiger partial charge >= 0.3 is 0 Å². The highest BCUT2D eigenvalue weighted by Crippen LogP contribution is 2.27. The summed E-state index contributed by atoms with van der Waals surface area (Å²) in [5.41, 5.74) is 0.490. The lowest BCUT2D eigenvalue weighted by atomic mass is 10.1. The Morgan fingerprint density at radius 1 is 1.31 bits per heavy atom. The second kappa shape index (κ2) is 4.24. The topological polar surface area (TPSA) is 23.8 Å². The highest BCUT2D eigenvalue weighted by molar-refractivity contribution is 8.03. The third-order valence-electron chi connectivity index (χ3n) is 1.58. The van der Waals surface area contributed by atoms with Crippen LogP contribution in [-0.2, 0) is 0 Å². The Bertz CT molecular complexity index is 326. The second-order valence-electron chi connectivity index (χ2n) is 2.55. The Morgan fingerprint density at radius 2 is 1.85 bits per heavy atom. The molecule has 0 saturated heterocycles. The van der Waals surface area contributed by atoms with Crippen molar-refractivity contribution in [3.8, 4) is 5.40 Å². The maximum atomic E-state index is 12.7. The van der Waals surface area contributed by atoms with Crippen LogP contribution in [0.1, 0.15) is 17.7 Å². The molecule has 1 nitrogen and oxygen atoms in total. The zero-order valence-electron chi connectivity index (χ0n) is 6.92. The molecule has 1 aromatic rings. The molecule has 13 heavy (non-hydrogen) atoms. The van der Waals surface area contributed by atoms with E-state index in [-0.39, 0.29) is 5.25 Å². The normalized spacial score (nSPS) is 12.2. The summed E-state index contributed by atoms with van der Waals surface area (Å²) < 4.78 is 25.4. The summed E-state index contributed by atoms with van der Waals surface area (Å²) >= 11 is 0.974. The molecule has 0 aliphatic heterocycles. The number of hydrogen-bond donors (Lipinski definition) is 0. The van der Waals surface area contributed by atoms with Crippen molar-refractivity contribution in [2.75, 3.05) is 0 Å². The lowest BCUT2D eigenvalue weighted by molar-refractivity contribution is 0.580. The molecule has 0 amide bonds. The van der Waals surface area contributed by atoms with Crippen molar-refractivity contribution in [3.63, 3.8) is 0 Å². The van der Waals surface area contributed by atoms with Crippen LogP contribution in [0.25, 0.3) is 0 Å². The third kappa shape index (κ3) is 2.71. The van der Waals surface area contributed by atoms with E-state index in [0.29, 0.717) is 5.56 Å². The Morgan fingerprint density at radius 3 is 2.31 bits per heavy atom. The monoisotopic (exact) mass is 199 g/mol. The van der Waals surface area contributed by atoms with Crippen molar-refractivity contribution in [3.05, 3.63) is 35.4 Å². The summed E-state index contributed by atoms with van der Waals surface area (Å²) in [5.74, 6) is -1.22. The fourth-order valence-corrected chi connectivity index (χ4v) is 1.39. The highest BCUT2D eigenvalue weighted by atomic mass is 32.2. The number of benzene rings is 1. The second-order valence-corrected chi connectivity index (χ2v) is 3.68. The standard InChI is InChI=1S/C9H7F2NS/c1-6(13-5-12)7-2-8(10)4-9(11)3-7/h2-4,6H,1H3/t6-/m1/s1. The number of nitrogens with zero attached hydrogens (tertiary/aromatic N) is 1. The first-order valence-corrected chi connectivity index (χ1v) is 4.52. The van der Waals surface area contributed by atoms with Crippen LogP contribution in [0.5, 0.6) is 0 Å². The van der Waals surface area contributed by atoms with Crippen LogP contribution in [0, 0.1) is 22.3 Å². The van der Waals surface area contributed by atoms with E-state index in [1.807, 2.05) is 5.40 Å². The van der Waals surface area contributed by atoms with Crippen LogP contribution in [0.3, 0.4) is 0 Å². The first-order chi connectivity index (χ1) is 6.13. The van der Waals surface area contributed by atoms with E-state index in [0.717, 1.165) is 17.8 Å². The molecule has 0 aliphatic carbocycles. The molecule has 0 N–H and O–H groups in total. The molecule has 0 spiro atoms. The minimum Gasteiger partial charge on any atom is -0.207 e. The molecule has 1 atom stereocenters. The summed E-state index contributed by atoms with van der Waals surface area (Å²) in [6.45, 7) is 1.72. The summed E-state index contributed by atoms with van der Waals surface area (Å²) in [4.78, 5) is 0. The molecule has 0 aliphatic rings. The third-order valence-corrected chi connectivity index (χ3v) is 2.31. The molecule has 0 bridgehead atoms. The summed E-state index contributed by atoms with van der Waals surface area (Å²) in [7, 11) is 0. The fourth-order valence-electron chi connectivity index (χ4n) is 0.957. The van der Waals surface area contributed by atoms with Gasteiger partial charge < -0.3 is 0 Å². The maximum Gasteiger partial charge on any atom is 0.133 e. The predicted molar refractivity (Wildman–Crippen MR) is 48.0 cm³/mol. The average Bonchev–Trinajstić information content (AvgIpc) is 2.03. The van der Waals surface area contributed by atoms with Crippen molar-refractivity contribution >= 4 is 11.8 Å². The van der Waals surface area contributed by atoms with Gasteiger partial charge in [-0.25, -0.2) is 8.78 Å². The van der Waals surface area contributed by atoms with Gasteiger partial charge in [-0.15, -0.1) is 0 Å². The van der Waals surface area contributed by atoms with Gasteiger partial charge in [-0.2, -0.15) is 5.26 Å². The highest BCUT2D eigenvalue weighted by Gasteiger charge is 2.08. The van der Waals surface area contributed by atoms with E-state index >= 15 is 0 Å². The first-order valence-electron chi connectivity index (χ1n) is 3.64. The van der Waals surface area contributed by atoms with Gasteiger partial charge in [0.15, 0.2) is 0 Å². The zero-order chi connectivity index (χ0) is 9.84. The molecule has 68 valence electrons. The number of nitriles is 1. The number of rotatable bonds is 2. The Hall–Kier alpha value is -1.08. The van der Waals surface area contributed by atoms with Gasteiger partial charge in [0.05, 0.1) is 0 Å². The fraction of sp³-hybridized carbons (Fsp3) is 0.222. The van der Waals surface area contributed by atoms with Gasteiger partial charge in [-0.3, -0.25) is 0 Å². The molecule has 0 unspecified atom stereocenters. The minimum absolute atomic E-state index is 0.213. The van der Waals surface area contributed by atoms with Crippen molar-refractivity contribution in [1.82, 2.24) is 0 Å². The SMILES string of the molecule is C[C@@H](SC#N)c1cc(F)cc(F)c1. The molecule has 0 heterocycles. The van der Waals surface area contributed by atoms with E-state index in [2.05, 4.69) is 0 Å². The average molecular weight is 199 g/mol. The summed E-state index contributed by atoms with van der Waals surface area (Å²) in [5, 5.41) is 10.0. The minimum atomic E-state index is -0.611. The van der Waals surface area contributed by atoms with Crippen LogP contribution in [0.2, 0.25) is 0 Å². The molecule has 4 heteroatoms. The van der Waals surface area contributed by atoms with Gasteiger partial charge in [-0.05, 0) is 36.4 Å². The lowest BCUT2D eigenvalue weighted by Crippen LogP contribution is -1.90. The molecule has 1 rings (SSSR count). The van der Waals surface area contributed by atoms with Gasteiger partial charge in [0.1, 0.15) is 17.0 Å². The summed E-state index contributed by atoms with van der Waals surface area (Å²) in [6, 6.07) is 3.28. The van der Waals surface area contributed by atoms with Crippen LogP contribution in [0.4, 0.5) is 8.78 Å². The largest absolute Gasteiger partial charge is 0.207 e. The number of hydrogen-bond acceptors (Lipinski definition) is 2. The van der Waals surface area contributed by atoms with E-state index in [9.17, 15) is 8.78 Å². The summed E-state index contributed by atoms with van der Waals surface area (Å²) in [6.07, 6.45) is 0. The van der Waals surface area contributed by atoms with Crippen molar-refractivity contribution in [1.29, 1.82) is 5.26 Å². The van der Waals surface area contributed by atoms with Crippen LogP contribution < -0.4 is 0 Å². The van der Waals surface area contributed by atoms with Gasteiger partial charge in [0.2, 0.25) is 0 Å². The Kier molecular flexibility index (Phi) is 3.26. The van der Waals surface area contributed by atoms with E-state index in [4.69, 9.17) is 5.26 Å².